The van der Waals surface area contributed by atoms with Gasteiger partial charge in [-0.3, -0.25) is 4.79 Å². The number of ketones is 1. The fourth-order valence-electron chi connectivity index (χ4n) is 2.56. The smallest absolute Gasteiger partial charge is 0.164 e. The summed E-state index contributed by atoms with van der Waals surface area (Å²) in [6, 6.07) is 15.0. The third kappa shape index (κ3) is 5.38. The third-order valence-corrected chi connectivity index (χ3v) is 5.28. The average molecular weight is 372 g/mol. The largest absolute Gasteiger partial charge is 0.497 e. The van der Waals surface area contributed by atoms with Crippen molar-refractivity contribution >= 4 is 23.3 Å². The Bertz CT molecular complexity index is 740. The van der Waals surface area contributed by atoms with E-state index in [-0.39, 0.29) is 17.6 Å². The molecule has 1 N–H and O–H groups in total. The number of rotatable bonds is 10. The van der Waals surface area contributed by atoms with Gasteiger partial charge in [-0.05, 0) is 23.8 Å². The molecule has 0 fully saturated rings. The third-order valence-electron chi connectivity index (χ3n) is 4.02. The van der Waals surface area contributed by atoms with Crippen molar-refractivity contribution in [3.8, 4) is 5.75 Å². The second-order valence-electron chi connectivity index (χ2n) is 5.69. The van der Waals surface area contributed by atoms with E-state index in [1.807, 2.05) is 36.4 Å². The molecule has 1 unspecified atom stereocenters. The fourth-order valence-corrected chi connectivity index (χ4v) is 3.57. The highest BCUT2D eigenvalue weighted by atomic mass is 32.2. The molecule has 0 aromatic heterocycles. The van der Waals surface area contributed by atoms with E-state index in [0.29, 0.717) is 23.5 Å². The van der Waals surface area contributed by atoms with Crippen LogP contribution in [-0.2, 0) is 4.74 Å². The van der Waals surface area contributed by atoms with Crippen LogP contribution in [0, 0.1) is 0 Å². The summed E-state index contributed by atoms with van der Waals surface area (Å²) in [5.74, 6) is 1.92. The molecule has 138 valence electrons. The van der Waals surface area contributed by atoms with Crippen LogP contribution >= 0.6 is 11.8 Å². The van der Waals surface area contributed by atoms with Gasteiger partial charge in [0.2, 0.25) is 0 Å². The molecular formula is C21H24O4S. The highest BCUT2D eigenvalue weighted by Crippen LogP contribution is 2.34. The number of benzene rings is 2. The van der Waals surface area contributed by atoms with Crippen molar-refractivity contribution in [2.24, 2.45) is 0 Å². The molecule has 2 rings (SSSR count). The van der Waals surface area contributed by atoms with Gasteiger partial charge >= 0.3 is 0 Å². The molecule has 0 amide bonds. The van der Waals surface area contributed by atoms with Crippen molar-refractivity contribution in [2.75, 3.05) is 26.6 Å². The number of hydrogen-bond donors (Lipinski definition) is 1. The van der Waals surface area contributed by atoms with Gasteiger partial charge in [0.25, 0.3) is 0 Å². The summed E-state index contributed by atoms with van der Waals surface area (Å²) in [4.78, 5) is 12.8. The van der Waals surface area contributed by atoms with Gasteiger partial charge in [0, 0.05) is 28.6 Å². The molecule has 5 heteroatoms. The number of aliphatic hydroxyl groups is 1. The van der Waals surface area contributed by atoms with Gasteiger partial charge in [-0.1, -0.05) is 36.9 Å². The molecule has 0 heterocycles. The van der Waals surface area contributed by atoms with Crippen molar-refractivity contribution in [3.63, 3.8) is 0 Å². The van der Waals surface area contributed by atoms with E-state index < -0.39 is 0 Å². The lowest BCUT2D eigenvalue weighted by Crippen LogP contribution is -2.07. The molecule has 2 aromatic carbocycles. The van der Waals surface area contributed by atoms with Gasteiger partial charge in [0.15, 0.2) is 5.78 Å². The average Bonchev–Trinajstić information content (AvgIpc) is 2.70. The minimum Gasteiger partial charge on any atom is -0.497 e. The lowest BCUT2D eigenvalue weighted by Gasteiger charge is -2.17. The summed E-state index contributed by atoms with van der Waals surface area (Å²) in [5.41, 5.74) is 2.46. The number of hydrogen-bond acceptors (Lipinski definition) is 5. The zero-order chi connectivity index (χ0) is 18.9. The Morgan fingerprint density at radius 1 is 1.15 bits per heavy atom. The highest BCUT2D eigenvalue weighted by Gasteiger charge is 2.18. The predicted molar refractivity (Wildman–Crippen MR) is 107 cm³/mol. The second-order valence-corrected chi connectivity index (χ2v) is 7.00. The van der Waals surface area contributed by atoms with Gasteiger partial charge in [0.1, 0.15) is 11.5 Å². The Morgan fingerprint density at radius 2 is 1.85 bits per heavy atom. The molecule has 0 aliphatic carbocycles. The summed E-state index contributed by atoms with van der Waals surface area (Å²) in [7, 11) is 3.18. The standard InChI is InChI=1S/C21H24O4S/c1-15(24-2)17-5-4-6-18(13-17)20(23)14-21(26-12-11-22)16-7-9-19(25-3)10-8-16/h4-10,13,21-22H,1,11-12,14H2,2-3H3. The summed E-state index contributed by atoms with van der Waals surface area (Å²) < 4.78 is 10.3. The number of Topliss-reactive ketones (excluding diaryl/α,β-unsaturated/α-hetero) is 1. The molecule has 1 atom stereocenters. The zero-order valence-corrected chi connectivity index (χ0v) is 15.9. The number of ether oxygens (including phenoxy) is 2. The minimum atomic E-state index is -0.0326. The summed E-state index contributed by atoms with van der Waals surface area (Å²) in [6.45, 7) is 3.91. The maximum atomic E-state index is 12.8. The summed E-state index contributed by atoms with van der Waals surface area (Å²) in [6.07, 6.45) is 0.347. The summed E-state index contributed by atoms with van der Waals surface area (Å²) >= 11 is 1.57. The molecule has 26 heavy (non-hydrogen) atoms. The first kappa shape index (κ1) is 20.1. The first-order valence-corrected chi connectivity index (χ1v) is 9.36. The molecule has 0 saturated heterocycles. The van der Waals surface area contributed by atoms with E-state index >= 15 is 0 Å². The number of methoxy groups -OCH3 is 2. The quantitative estimate of drug-likeness (QED) is 0.496. The maximum absolute atomic E-state index is 12.8. The normalized spacial score (nSPS) is 11.7. The van der Waals surface area contributed by atoms with Gasteiger partial charge in [0.05, 0.1) is 20.8 Å². The van der Waals surface area contributed by atoms with E-state index in [0.717, 1.165) is 16.9 Å². The summed E-state index contributed by atoms with van der Waals surface area (Å²) in [5, 5.41) is 9.14. The van der Waals surface area contributed by atoms with Crippen LogP contribution in [0.3, 0.4) is 0 Å². The van der Waals surface area contributed by atoms with Crippen LogP contribution in [0.4, 0.5) is 0 Å². The second kappa shape index (κ2) is 10.0. The first-order chi connectivity index (χ1) is 12.6. The topological polar surface area (TPSA) is 55.8 Å². The van der Waals surface area contributed by atoms with Crippen LogP contribution < -0.4 is 4.74 Å². The van der Waals surface area contributed by atoms with Gasteiger partial charge in [-0.2, -0.15) is 11.8 Å². The molecule has 0 saturated carbocycles. The van der Waals surface area contributed by atoms with Crippen molar-refractivity contribution in [3.05, 3.63) is 71.8 Å². The minimum absolute atomic E-state index is 0.0326. The van der Waals surface area contributed by atoms with Crippen molar-refractivity contribution in [1.29, 1.82) is 0 Å². The monoisotopic (exact) mass is 372 g/mol. The van der Waals surface area contributed by atoms with Crippen molar-refractivity contribution in [1.82, 2.24) is 0 Å². The van der Waals surface area contributed by atoms with E-state index in [1.165, 1.54) is 0 Å². The zero-order valence-electron chi connectivity index (χ0n) is 15.1. The van der Waals surface area contributed by atoms with Crippen LogP contribution in [0.5, 0.6) is 5.75 Å². The Hall–Kier alpha value is -2.24. The molecule has 0 bridgehead atoms. The Kier molecular flexibility index (Phi) is 7.75. The van der Waals surface area contributed by atoms with Gasteiger partial charge in [-0.25, -0.2) is 0 Å². The van der Waals surface area contributed by atoms with Crippen LogP contribution in [0.2, 0.25) is 0 Å². The predicted octanol–water partition coefficient (Wildman–Crippen LogP) is 4.35. The lowest BCUT2D eigenvalue weighted by atomic mass is 10.0. The molecule has 0 aliphatic rings. The van der Waals surface area contributed by atoms with Crippen molar-refractivity contribution < 1.29 is 19.4 Å². The SMILES string of the molecule is C=C(OC)c1cccc(C(=O)CC(SCCO)c2ccc(OC)cc2)c1. The number of aliphatic hydroxyl groups excluding tert-OH is 1. The number of carbonyl (C=O) groups is 1. The Balaban J connectivity index is 2.18. The number of thioether (sulfide) groups is 1. The highest BCUT2D eigenvalue weighted by molar-refractivity contribution is 7.99. The molecule has 0 radical (unpaired) electrons. The van der Waals surface area contributed by atoms with E-state index in [9.17, 15) is 9.90 Å². The molecule has 4 nitrogen and oxygen atoms in total. The number of carbonyl (C=O) groups excluding carboxylic acids is 1. The van der Waals surface area contributed by atoms with Crippen LogP contribution in [0.25, 0.3) is 5.76 Å². The van der Waals surface area contributed by atoms with E-state index in [1.54, 1.807) is 38.1 Å². The molecule has 0 spiro atoms. The molecule has 0 aliphatic heterocycles. The fraction of sp³-hybridized carbons (Fsp3) is 0.286. The van der Waals surface area contributed by atoms with Crippen LogP contribution in [0.15, 0.2) is 55.1 Å². The van der Waals surface area contributed by atoms with Crippen molar-refractivity contribution in [2.45, 2.75) is 11.7 Å². The lowest BCUT2D eigenvalue weighted by molar-refractivity contribution is 0.0982. The van der Waals surface area contributed by atoms with E-state index in [2.05, 4.69) is 6.58 Å². The van der Waals surface area contributed by atoms with Gasteiger partial charge < -0.3 is 14.6 Å². The molecule has 2 aromatic rings. The Labute approximate surface area is 158 Å². The molecular weight excluding hydrogens is 348 g/mol. The van der Waals surface area contributed by atoms with Gasteiger partial charge in [-0.15, -0.1) is 0 Å². The maximum Gasteiger partial charge on any atom is 0.164 e. The first-order valence-electron chi connectivity index (χ1n) is 8.32. The Morgan fingerprint density at radius 3 is 2.46 bits per heavy atom. The van der Waals surface area contributed by atoms with E-state index in [4.69, 9.17) is 9.47 Å². The van der Waals surface area contributed by atoms with Crippen LogP contribution in [0.1, 0.15) is 33.2 Å². The van der Waals surface area contributed by atoms with Crippen LogP contribution in [-0.4, -0.2) is 37.5 Å².